The quantitative estimate of drug-likeness (QED) is 0.779. The van der Waals surface area contributed by atoms with Crippen LogP contribution in [-0.4, -0.2) is 20.2 Å². The van der Waals surface area contributed by atoms with Crippen LogP contribution in [0.3, 0.4) is 0 Å². The van der Waals surface area contributed by atoms with Gasteiger partial charge < -0.3 is 10.1 Å². The van der Waals surface area contributed by atoms with Crippen molar-refractivity contribution in [3.63, 3.8) is 0 Å². The Bertz CT molecular complexity index is 394. The molecule has 0 radical (unpaired) electrons. The first kappa shape index (κ1) is 10.2. The summed E-state index contributed by atoms with van der Waals surface area (Å²) in [7, 11) is 1.75. The van der Waals surface area contributed by atoms with Crippen LogP contribution in [0.15, 0.2) is 18.2 Å². The number of hydrogen-bond donors (Lipinski definition) is 1. The number of methoxy groups -OCH3 is 1. The Morgan fingerprint density at radius 1 is 1.31 bits per heavy atom. The third-order valence-corrected chi connectivity index (χ3v) is 4.23. The minimum Gasteiger partial charge on any atom is -0.497 e. The Morgan fingerprint density at radius 3 is 3.00 bits per heavy atom. The zero-order valence-electron chi connectivity index (χ0n) is 9.88. The average Bonchev–Trinajstić information content (AvgIpc) is 2.78. The van der Waals surface area contributed by atoms with Crippen LogP contribution in [0.4, 0.5) is 0 Å². The number of benzene rings is 1. The normalized spacial score (nSPS) is 28.1. The van der Waals surface area contributed by atoms with E-state index in [1.165, 1.54) is 37.8 Å². The molecule has 2 aliphatic rings. The predicted molar refractivity (Wildman–Crippen MR) is 65.1 cm³/mol. The van der Waals surface area contributed by atoms with Gasteiger partial charge in [0.05, 0.1) is 7.11 Å². The van der Waals surface area contributed by atoms with Crippen molar-refractivity contribution in [3.8, 4) is 5.75 Å². The zero-order chi connectivity index (χ0) is 11.0. The zero-order valence-corrected chi connectivity index (χ0v) is 9.88. The third kappa shape index (κ3) is 1.44. The topological polar surface area (TPSA) is 21.3 Å². The van der Waals surface area contributed by atoms with Gasteiger partial charge in [0, 0.05) is 12.0 Å². The first-order chi connectivity index (χ1) is 7.84. The number of fused-ring (bicyclic) bond motifs is 2. The summed E-state index contributed by atoms with van der Waals surface area (Å²) in [5.41, 5.74) is 3.51. The number of rotatable bonds is 1. The van der Waals surface area contributed by atoms with Gasteiger partial charge in [0.25, 0.3) is 0 Å². The highest BCUT2D eigenvalue weighted by Crippen LogP contribution is 2.42. The van der Waals surface area contributed by atoms with Crippen molar-refractivity contribution in [1.82, 2.24) is 5.32 Å². The van der Waals surface area contributed by atoms with Crippen molar-refractivity contribution < 1.29 is 4.74 Å². The van der Waals surface area contributed by atoms with Gasteiger partial charge in [-0.05, 0) is 55.5 Å². The highest BCUT2D eigenvalue weighted by molar-refractivity contribution is 5.43. The lowest BCUT2D eigenvalue weighted by molar-refractivity contribution is 0.386. The molecule has 0 unspecified atom stereocenters. The Hall–Kier alpha value is -1.02. The molecule has 16 heavy (non-hydrogen) atoms. The number of hydrogen-bond acceptors (Lipinski definition) is 2. The second kappa shape index (κ2) is 3.77. The van der Waals surface area contributed by atoms with E-state index < -0.39 is 0 Å². The molecule has 1 atom stereocenters. The summed E-state index contributed by atoms with van der Waals surface area (Å²) in [5, 5.41) is 3.52. The Morgan fingerprint density at radius 2 is 2.25 bits per heavy atom. The molecule has 0 saturated carbocycles. The summed E-state index contributed by atoms with van der Waals surface area (Å²) in [4.78, 5) is 0. The van der Waals surface area contributed by atoms with Gasteiger partial charge in [-0.1, -0.05) is 6.07 Å². The molecule has 1 aliphatic carbocycles. The largest absolute Gasteiger partial charge is 0.497 e. The summed E-state index contributed by atoms with van der Waals surface area (Å²) in [6.45, 7) is 2.33. The molecule has 1 aromatic carbocycles. The lowest BCUT2D eigenvalue weighted by Crippen LogP contribution is -2.33. The molecule has 1 N–H and O–H groups in total. The first-order valence-electron chi connectivity index (χ1n) is 6.22. The van der Waals surface area contributed by atoms with Gasteiger partial charge >= 0.3 is 0 Å². The predicted octanol–water partition coefficient (Wildman–Crippen LogP) is 2.26. The van der Waals surface area contributed by atoms with Crippen LogP contribution in [-0.2, 0) is 11.8 Å². The molecule has 1 heterocycles. The minimum atomic E-state index is 0.430. The molecule has 1 saturated heterocycles. The molecule has 2 heteroatoms. The molecule has 1 fully saturated rings. The molecule has 2 nitrogen and oxygen atoms in total. The fourth-order valence-corrected chi connectivity index (χ4v) is 3.36. The average molecular weight is 217 g/mol. The Balaban J connectivity index is 2.05. The van der Waals surface area contributed by atoms with Crippen molar-refractivity contribution in [2.75, 3.05) is 20.2 Å². The van der Waals surface area contributed by atoms with Gasteiger partial charge in [0.1, 0.15) is 5.75 Å². The molecule has 1 aromatic rings. The first-order valence-corrected chi connectivity index (χ1v) is 6.22. The van der Waals surface area contributed by atoms with Crippen molar-refractivity contribution in [1.29, 1.82) is 0 Å². The molecule has 0 amide bonds. The van der Waals surface area contributed by atoms with Crippen molar-refractivity contribution in [3.05, 3.63) is 29.3 Å². The molecule has 0 aromatic heterocycles. The van der Waals surface area contributed by atoms with E-state index in [1.807, 2.05) is 0 Å². The van der Waals surface area contributed by atoms with Crippen LogP contribution in [0.5, 0.6) is 5.75 Å². The monoisotopic (exact) mass is 217 g/mol. The van der Waals surface area contributed by atoms with E-state index in [1.54, 1.807) is 12.7 Å². The summed E-state index contributed by atoms with van der Waals surface area (Å²) in [5.74, 6) is 1.00. The van der Waals surface area contributed by atoms with Crippen LogP contribution in [0, 0.1) is 0 Å². The molecule has 0 bridgehead atoms. The number of ether oxygens (including phenoxy) is 1. The van der Waals surface area contributed by atoms with Crippen LogP contribution in [0.25, 0.3) is 0 Å². The lowest BCUT2D eigenvalue weighted by Gasteiger charge is -2.35. The van der Waals surface area contributed by atoms with Crippen LogP contribution >= 0.6 is 0 Å². The van der Waals surface area contributed by atoms with Gasteiger partial charge in [0.15, 0.2) is 0 Å². The fourth-order valence-electron chi connectivity index (χ4n) is 3.36. The van der Waals surface area contributed by atoms with E-state index in [-0.39, 0.29) is 0 Å². The van der Waals surface area contributed by atoms with Crippen molar-refractivity contribution >= 4 is 0 Å². The van der Waals surface area contributed by atoms with E-state index in [0.29, 0.717) is 5.41 Å². The van der Waals surface area contributed by atoms with E-state index in [9.17, 15) is 0 Å². The van der Waals surface area contributed by atoms with Crippen LogP contribution in [0.2, 0.25) is 0 Å². The summed E-state index contributed by atoms with van der Waals surface area (Å²) in [6.07, 6.45) is 5.18. The lowest BCUT2D eigenvalue weighted by atomic mass is 9.69. The maximum Gasteiger partial charge on any atom is 0.119 e. The van der Waals surface area contributed by atoms with Crippen molar-refractivity contribution in [2.45, 2.75) is 31.1 Å². The SMILES string of the molecule is COc1ccc2c(c1)CCC[C@]21CCNC1. The van der Waals surface area contributed by atoms with E-state index in [2.05, 4.69) is 23.5 Å². The van der Waals surface area contributed by atoms with Gasteiger partial charge in [-0.25, -0.2) is 0 Å². The molecular formula is C14H19NO. The number of nitrogens with one attached hydrogen (secondary N) is 1. The van der Waals surface area contributed by atoms with Gasteiger partial charge in [0.2, 0.25) is 0 Å². The van der Waals surface area contributed by atoms with Crippen LogP contribution in [0.1, 0.15) is 30.4 Å². The third-order valence-electron chi connectivity index (χ3n) is 4.23. The van der Waals surface area contributed by atoms with Crippen LogP contribution < -0.4 is 10.1 Å². The van der Waals surface area contributed by atoms with Gasteiger partial charge in [-0.15, -0.1) is 0 Å². The maximum atomic E-state index is 5.32. The van der Waals surface area contributed by atoms with Gasteiger partial charge in [-0.2, -0.15) is 0 Å². The van der Waals surface area contributed by atoms with E-state index >= 15 is 0 Å². The van der Waals surface area contributed by atoms with Crippen molar-refractivity contribution in [2.24, 2.45) is 0 Å². The smallest absolute Gasteiger partial charge is 0.119 e. The standard InChI is InChI=1S/C14H19NO/c1-16-12-4-5-13-11(9-12)3-2-6-14(13)7-8-15-10-14/h4-5,9,15H,2-3,6-8,10H2,1H3/t14-/m1/s1. The Kier molecular flexibility index (Phi) is 2.40. The molecule has 3 rings (SSSR count). The minimum absolute atomic E-state index is 0.430. The van der Waals surface area contributed by atoms with E-state index in [0.717, 1.165) is 12.3 Å². The summed E-state index contributed by atoms with van der Waals surface area (Å²) < 4.78 is 5.32. The molecule has 1 spiro atoms. The molecule has 1 aliphatic heterocycles. The number of aryl methyl sites for hydroxylation is 1. The second-order valence-electron chi connectivity index (χ2n) is 5.08. The van der Waals surface area contributed by atoms with E-state index in [4.69, 9.17) is 4.74 Å². The Labute approximate surface area is 97.0 Å². The summed E-state index contributed by atoms with van der Waals surface area (Å²) >= 11 is 0. The summed E-state index contributed by atoms with van der Waals surface area (Å²) in [6, 6.07) is 6.64. The second-order valence-corrected chi connectivity index (χ2v) is 5.08. The van der Waals surface area contributed by atoms with Gasteiger partial charge in [-0.3, -0.25) is 0 Å². The highest BCUT2D eigenvalue weighted by Gasteiger charge is 2.38. The molecular weight excluding hydrogens is 198 g/mol. The molecule has 86 valence electrons. The maximum absolute atomic E-state index is 5.32. The highest BCUT2D eigenvalue weighted by atomic mass is 16.5. The fraction of sp³-hybridized carbons (Fsp3) is 0.571.